The molecule has 0 fully saturated rings. The van der Waals surface area contributed by atoms with Crippen LogP contribution in [-0.2, 0) is 7.05 Å². The third-order valence-corrected chi connectivity index (χ3v) is 4.31. The Balaban J connectivity index is 1.70. The van der Waals surface area contributed by atoms with E-state index in [0.717, 1.165) is 11.3 Å². The van der Waals surface area contributed by atoms with Gasteiger partial charge in [0.05, 0.1) is 11.9 Å². The molecule has 7 nitrogen and oxygen atoms in total. The topological polar surface area (TPSA) is 74.8 Å². The number of benzene rings is 1. The van der Waals surface area contributed by atoms with Gasteiger partial charge in [0.2, 0.25) is 0 Å². The lowest BCUT2D eigenvalue weighted by Gasteiger charge is -2.11. The average molecular weight is 361 g/mol. The van der Waals surface area contributed by atoms with Crippen molar-refractivity contribution in [3.8, 4) is 23.0 Å². The van der Waals surface area contributed by atoms with Crippen LogP contribution in [0.4, 0.5) is 0 Å². The van der Waals surface area contributed by atoms with Crippen LogP contribution in [0, 0.1) is 0 Å². The standard InChI is InChI=1S/C20H19N5O2/c1-13(2)25-18-16(12-22-25)19(26)24(3)20(23-18)27-15-9-7-14(8-10-15)17-6-4-5-11-21-17/h4-13H,1-3H3. The second-order valence-corrected chi connectivity index (χ2v) is 6.52. The maximum atomic E-state index is 12.6. The van der Waals surface area contributed by atoms with Crippen molar-refractivity contribution in [3.05, 3.63) is 65.2 Å². The molecular weight excluding hydrogens is 342 g/mol. The highest BCUT2D eigenvalue weighted by Crippen LogP contribution is 2.24. The molecule has 0 saturated carbocycles. The van der Waals surface area contributed by atoms with Gasteiger partial charge in [-0.2, -0.15) is 10.1 Å². The number of ether oxygens (including phenoxy) is 1. The zero-order valence-electron chi connectivity index (χ0n) is 15.3. The van der Waals surface area contributed by atoms with E-state index in [4.69, 9.17) is 4.74 Å². The summed E-state index contributed by atoms with van der Waals surface area (Å²) >= 11 is 0. The van der Waals surface area contributed by atoms with Gasteiger partial charge in [-0.05, 0) is 50.2 Å². The van der Waals surface area contributed by atoms with Crippen LogP contribution in [0.15, 0.2) is 59.7 Å². The first-order valence-corrected chi connectivity index (χ1v) is 8.68. The van der Waals surface area contributed by atoms with Gasteiger partial charge in [0.25, 0.3) is 5.56 Å². The fourth-order valence-electron chi connectivity index (χ4n) is 2.85. The molecule has 0 radical (unpaired) electrons. The van der Waals surface area contributed by atoms with E-state index in [1.165, 1.54) is 4.57 Å². The van der Waals surface area contributed by atoms with E-state index in [1.807, 2.05) is 56.3 Å². The van der Waals surface area contributed by atoms with Gasteiger partial charge in [-0.25, -0.2) is 4.68 Å². The zero-order valence-corrected chi connectivity index (χ0v) is 15.3. The molecule has 1 aromatic carbocycles. The summed E-state index contributed by atoms with van der Waals surface area (Å²) in [7, 11) is 1.64. The lowest BCUT2D eigenvalue weighted by molar-refractivity contribution is 0.413. The van der Waals surface area contributed by atoms with Crippen molar-refractivity contribution in [3.63, 3.8) is 0 Å². The molecule has 4 rings (SSSR count). The minimum atomic E-state index is -0.188. The first-order chi connectivity index (χ1) is 13.0. The summed E-state index contributed by atoms with van der Waals surface area (Å²) in [6, 6.07) is 13.6. The molecule has 0 N–H and O–H groups in total. The summed E-state index contributed by atoms with van der Waals surface area (Å²) in [5.41, 5.74) is 2.20. The van der Waals surface area contributed by atoms with E-state index < -0.39 is 0 Å². The van der Waals surface area contributed by atoms with Gasteiger partial charge < -0.3 is 4.74 Å². The fourth-order valence-corrected chi connectivity index (χ4v) is 2.85. The molecule has 0 bridgehead atoms. The first-order valence-electron chi connectivity index (χ1n) is 8.68. The minimum absolute atomic E-state index is 0.0904. The van der Waals surface area contributed by atoms with Crippen LogP contribution in [0.2, 0.25) is 0 Å². The fraction of sp³-hybridized carbons (Fsp3) is 0.200. The van der Waals surface area contributed by atoms with Crippen molar-refractivity contribution in [2.75, 3.05) is 0 Å². The van der Waals surface area contributed by atoms with Crippen molar-refractivity contribution in [2.45, 2.75) is 19.9 Å². The lowest BCUT2D eigenvalue weighted by atomic mass is 10.1. The van der Waals surface area contributed by atoms with Crippen LogP contribution < -0.4 is 10.3 Å². The summed E-state index contributed by atoms with van der Waals surface area (Å²) < 4.78 is 8.99. The van der Waals surface area contributed by atoms with E-state index in [1.54, 1.807) is 24.1 Å². The Kier molecular flexibility index (Phi) is 4.19. The van der Waals surface area contributed by atoms with Crippen LogP contribution >= 0.6 is 0 Å². The smallest absolute Gasteiger partial charge is 0.306 e. The van der Waals surface area contributed by atoms with E-state index >= 15 is 0 Å². The predicted molar refractivity (Wildman–Crippen MR) is 103 cm³/mol. The number of aromatic nitrogens is 5. The van der Waals surface area contributed by atoms with E-state index in [-0.39, 0.29) is 17.6 Å². The molecule has 7 heteroatoms. The molecule has 0 atom stereocenters. The second kappa shape index (κ2) is 6.68. The maximum absolute atomic E-state index is 12.6. The average Bonchev–Trinajstić information content (AvgIpc) is 3.11. The van der Waals surface area contributed by atoms with Gasteiger partial charge in [-0.1, -0.05) is 6.07 Å². The van der Waals surface area contributed by atoms with Crippen molar-refractivity contribution in [1.82, 2.24) is 24.3 Å². The number of fused-ring (bicyclic) bond motifs is 1. The SMILES string of the molecule is CC(C)n1ncc2c(=O)n(C)c(Oc3ccc(-c4ccccn4)cc3)nc21. The molecule has 4 aromatic rings. The van der Waals surface area contributed by atoms with Gasteiger partial charge >= 0.3 is 6.01 Å². The Morgan fingerprint density at radius 2 is 1.85 bits per heavy atom. The van der Waals surface area contributed by atoms with E-state index in [9.17, 15) is 4.79 Å². The quantitative estimate of drug-likeness (QED) is 0.555. The van der Waals surface area contributed by atoms with Crippen LogP contribution in [0.5, 0.6) is 11.8 Å². The highest BCUT2D eigenvalue weighted by molar-refractivity contribution is 5.73. The van der Waals surface area contributed by atoms with E-state index in [2.05, 4.69) is 15.1 Å². The van der Waals surface area contributed by atoms with Gasteiger partial charge in [-0.15, -0.1) is 0 Å². The number of nitrogens with zero attached hydrogens (tertiary/aromatic N) is 5. The molecule has 0 aliphatic rings. The summed E-state index contributed by atoms with van der Waals surface area (Å²) in [4.78, 5) is 21.5. The molecule has 0 unspecified atom stereocenters. The molecule has 0 amide bonds. The van der Waals surface area contributed by atoms with Gasteiger partial charge in [0.15, 0.2) is 5.65 Å². The Bertz CT molecular complexity index is 1140. The number of hydrogen-bond acceptors (Lipinski definition) is 5. The molecule has 3 aromatic heterocycles. The third kappa shape index (κ3) is 3.08. The second-order valence-electron chi connectivity index (χ2n) is 6.52. The van der Waals surface area contributed by atoms with Crippen LogP contribution in [0.25, 0.3) is 22.3 Å². The highest BCUT2D eigenvalue weighted by Gasteiger charge is 2.16. The summed E-state index contributed by atoms with van der Waals surface area (Å²) in [6.45, 7) is 3.98. The minimum Gasteiger partial charge on any atom is -0.425 e. The summed E-state index contributed by atoms with van der Waals surface area (Å²) in [5.74, 6) is 0.590. The summed E-state index contributed by atoms with van der Waals surface area (Å²) in [6.07, 6.45) is 3.31. The molecular formula is C20H19N5O2. The third-order valence-electron chi connectivity index (χ3n) is 4.31. The van der Waals surface area contributed by atoms with Gasteiger partial charge in [-0.3, -0.25) is 14.3 Å². The monoisotopic (exact) mass is 361 g/mol. The Morgan fingerprint density at radius 3 is 2.52 bits per heavy atom. The lowest BCUT2D eigenvalue weighted by Crippen LogP contribution is -2.20. The maximum Gasteiger partial charge on any atom is 0.306 e. The first kappa shape index (κ1) is 17.0. The molecule has 0 aliphatic heterocycles. The Morgan fingerprint density at radius 1 is 1.07 bits per heavy atom. The summed E-state index contributed by atoms with van der Waals surface area (Å²) in [5, 5.41) is 4.74. The molecule has 0 aliphatic carbocycles. The Hall–Kier alpha value is -3.48. The van der Waals surface area contributed by atoms with Crippen molar-refractivity contribution < 1.29 is 4.74 Å². The van der Waals surface area contributed by atoms with Crippen molar-refractivity contribution >= 4 is 11.0 Å². The van der Waals surface area contributed by atoms with Crippen LogP contribution in [0.3, 0.4) is 0 Å². The van der Waals surface area contributed by atoms with Crippen molar-refractivity contribution in [1.29, 1.82) is 0 Å². The Labute approximate surface area is 155 Å². The zero-order chi connectivity index (χ0) is 19.0. The highest BCUT2D eigenvalue weighted by atomic mass is 16.5. The normalized spacial score (nSPS) is 11.3. The largest absolute Gasteiger partial charge is 0.425 e. The van der Waals surface area contributed by atoms with Crippen LogP contribution in [0.1, 0.15) is 19.9 Å². The molecule has 3 heterocycles. The molecule has 0 spiro atoms. The van der Waals surface area contributed by atoms with Crippen LogP contribution in [-0.4, -0.2) is 24.3 Å². The molecule has 27 heavy (non-hydrogen) atoms. The number of rotatable bonds is 4. The van der Waals surface area contributed by atoms with Crippen molar-refractivity contribution in [2.24, 2.45) is 7.05 Å². The number of pyridine rings is 1. The van der Waals surface area contributed by atoms with Gasteiger partial charge in [0.1, 0.15) is 11.1 Å². The number of hydrogen-bond donors (Lipinski definition) is 0. The van der Waals surface area contributed by atoms with Gasteiger partial charge in [0, 0.05) is 24.8 Å². The predicted octanol–water partition coefficient (Wildman–Crippen LogP) is 3.57. The van der Waals surface area contributed by atoms with E-state index in [0.29, 0.717) is 16.8 Å². The molecule has 136 valence electrons. The molecule has 0 saturated heterocycles.